The summed E-state index contributed by atoms with van der Waals surface area (Å²) in [7, 11) is 0. The molecule has 2 aromatic carbocycles. The molecule has 1 aliphatic carbocycles. The van der Waals surface area contributed by atoms with Crippen LogP contribution in [0.3, 0.4) is 0 Å². The average molecular weight is 421 g/mol. The van der Waals surface area contributed by atoms with Gasteiger partial charge in [-0.1, -0.05) is 49.4 Å². The van der Waals surface area contributed by atoms with Crippen LogP contribution in [0.15, 0.2) is 48.5 Å². The zero-order chi connectivity index (χ0) is 21.6. The summed E-state index contributed by atoms with van der Waals surface area (Å²) in [6.45, 7) is 3.74. The predicted octanol–water partition coefficient (Wildman–Crippen LogP) is 4.38. The molecule has 5 heteroatoms. The van der Waals surface area contributed by atoms with Crippen molar-refractivity contribution >= 4 is 11.8 Å². The number of hydrogen-bond donors (Lipinski definition) is 1. The van der Waals surface area contributed by atoms with Gasteiger partial charge in [-0.05, 0) is 55.2 Å². The molecule has 2 amide bonds. The fourth-order valence-electron chi connectivity index (χ4n) is 4.83. The second kappa shape index (κ2) is 9.99. The Morgan fingerprint density at radius 3 is 2.65 bits per heavy atom. The number of benzene rings is 2. The van der Waals surface area contributed by atoms with Crippen LogP contribution >= 0.6 is 0 Å². The summed E-state index contributed by atoms with van der Waals surface area (Å²) in [5.74, 6) is 1.06. The SMILES string of the molecule is CCC(NC(=O)CC1CCc2ccccc21)c1ccccc1OCC(=O)N1CCCC1. The number of nitrogens with one attached hydrogen (secondary N) is 1. The molecule has 2 atom stereocenters. The molecule has 2 unspecified atom stereocenters. The highest BCUT2D eigenvalue weighted by molar-refractivity contribution is 5.78. The van der Waals surface area contributed by atoms with Crippen molar-refractivity contribution in [3.8, 4) is 5.75 Å². The van der Waals surface area contributed by atoms with Crippen molar-refractivity contribution in [1.29, 1.82) is 0 Å². The molecule has 31 heavy (non-hydrogen) atoms. The molecule has 0 aromatic heterocycles. The summed E-state index contributed by atoms with van der Waals surface area (Å²) in [6.07, 6.45) is 5.47. The van der Waals surface area contributed by atoms with Crippen molar-refractivity contribution in [1.82, 2.24) is 10.2 Å². The van der Waals surface area contributed by atoms with Gasteiger partial charge in [0.2, 0.25) is 5.91 Å². The van der Waals surface area contributed by atoms with Crippen molar-refractivity contribution in [2.45, 2.75) is 57.4 Å². The Morgan fingerprint density at radius 2 is 1.84 bits per heavy atom. The van der Waals surface area contributed by atoms with Crippen LogP contribution in [-0.2, 0) is 16.0 Å². The number of likely N-dealkylation sites (tertiary alicyclic amines) is 1. The number of aryl methyl sites for hydroxylation is 1. The Labute approximate surface area is 184 Å². The van der Waals surface area contributed by atoms with E-state index in [0.29, 0.717) is 18.1 Å². The van der Waals surface area contributed by atoms with Crippen molar-refractivity contribution < 1.29 is 14.3 Å². The second-order valence-corrected chi connectivity index (χ2v) is 8.58. The Bertz CT molecular complexity index is 920. The van der Waals surface area contributed by atoms with Crippen LogP contribution in [0.1, 0.15) is 67.7 Å². The second-order valence-electron chi connectivity index (χ2n) is 8.58. The van der Waals surface area contributed by atoms with Crippen LogP contribution in [0.2, 0.25) is 0 Å². The number of rotatable bonds is 8. The van der Waals surface area contributed by atoms with E-state index in [1.54, 1.807) is 0 Å². The smallest absolute Gasteiger partial charge is 0.260 e. The van der Waals surface area contributed by atoms with E-state index < -0.39 is 0 Å². The first-order valence-electron chi connectivity index (χ1n) is 11.5. The van der Waals surface area contributed by atoms with Gasteiger partial charge in [0, 0.05) is 25.1 Å². The molecule has 1 fully saturated rings. The van der Waals surface area contributed by atoms with Gasteiger partial charge in [-0.2, -0.15) is 0 Å². The van der Waals surface area contributed by atoms with Gasteiger partial charge in [-0.25, -0.2) is 0 Å². The highest BCUT2D eigenvalue weighted by Gasteiger charge is 2.26. The quantitative estimate of drug-likeness (QED) is 0.690. The van der Waals surface area contributed by atoms with Gasteiger partial charge in [-0.3, -0.25) is 9.59 Å². The zero-order valence-electron chi connectivity index (χ0n) is 18.3. The Hall–Kier alpha value is -2.82. The van der Waals surface area contributed by atoms with Crippen molar-refractivity contribution in [3.63, 3.8) is 0 Å². The monoisotopic (exact) mass is 420 g/mol. The maximum atomic E-state index is 12.9. The first-order valence-corrected chi connectivity index (χ1v) is 11.5. The van der Waals surface area contributed by atoms with Crippen molar-refractivity contribution in [3.05, 3.63) is 65.2 Å². The van der Waals surface area contributed by atoms with E-state index in [9.17, 15) is 9.59 Å². The third-order valence-corrected chi connectivity index (χ3v) is 6.54. The van der Waals surface area contributed by atoms with Gasteiger partial charge < -0.3 is 15.0 Å². The van der Waals surface area contributed by atoms with Gasteiger partial charge >= 0.3 is 0 Å². The minimum Gasteiger partial charge on any atom is -0.483 e. The topological polar surface area (TPSA) is 58.6 Å². The molecule has 4 rings (SSSR count). The van der Waals surface area contributed by atoms with E-state index in [1.807, 2.05) is 29.2 Å². The lowest BCUT2D eigenvalue weighted by Crippen LogP contribution is -2.33. The highest BCUT2D eigenvalue weighted by Crippen LogP contribution is 2.35. The van der Waals surface area contributed by atoms with Gasteiger partial charge in [-0.15, -0.1) is 0 Å². The standard InChI is InChI=1S/C26H32N2O3/c1-2-23(27-25(29)17-20-14-13-19-9-3-4-10-21(19)20)22-11-5-6-12-24(22)31-18-26(30)28-15-7-8-16-28/h3-6,9-12,20,23H,2,7-8,13-18H2,1H3,(H,27,29). The molecule has 1 saturated heterocycles. The Kier molecular flexibility index (Phi) is 6.90. The van der Waals surface area contributed by atoms with Crippen LogP contribution in [-0.4, -0.2) is 36.4 Å². The van der Waals surface area contributed by atoms with Crippen molar-refractivity contribution in [2.24, 2.45) is 0 Å². The van der Waals surface area contributed by atoms with E-state index in [-0.39, 0.29) is 24.5 Å². The molecule has 1 heterocycles. The predicted molar refractivity (Wildman–Crippen MR) is 121 cm³/mol. The van der Waals surface area contributed by atoms with Gasteiger partial charge in [0.1, 0.15) is 5.75 Å². The first kappa shape index (κ1) is 21.4. The molecule has 0 saturated carbocycles. The summed E-state index contributed by atoms with van der Waals surface area (Å²) in [5.41, 5.74) is 3.61. The third-order valence-electron chi connectivity index (χ3n) is 6.54. The fourth-order valence-corrected chi connectivity index (χ4v) is 4.83. The van der Waals surface area contributed by atoms with Gasteiger partial charge in [0.05, 0.1) is 6.04 Å². The first-order chi connectivity index (χ1) is 15.2. The summed E-state index contributed by atoms with van der Waals surface area (Å²) >= 11 is 0. The molecule has 1 aliphatic heterocycles. The van der Waals surface area contributed by atoms with Crippen LogP contribution in [0.5, 0.6) is 5.75 Å². The number of amides is 2. The number of carbonyl (C=O) groups excluding carboxylic acids is 2. The summed E-state index contributed by atoms with van der Waals surface area (Å²) in [4.78, 5) is 27.1. The number of ether oxygens (including phenoxy) is 1. The highest BCUT2D eigenvalue weighted by atomic mass is 16.5. The molecular weight excluding hydrogens is 388 g/mol. The largest absolute Gasteiger partial charge is 0.483 e. The molecule has 0 radical (unpaired) electrons. The summed E-state index contributed by atoms with van der Waals surface area (Å²) in [6, 6.07) is 16.0. The minimum atomic E-state index is -0.137. The van der Waals surface area contributed by atoms with E-state index >= 15 is 0 Å². The molecule has 164 valence electrons. The average Bonchev–Trinajstić information content (AvgIpc) is 3.47. The van der Waals surface area contributed by atoms with E-state index in [2.05, 4.69) is 36.5 Å². The van der Waals surface area contributed by atoms with E-state index in [1.165, 1.54) is 11.1 Å². The third kappa shape index (κ3) is 5.09. The van der Waals surface area contributed by atoms with Crippen LogP contribution in [0.4, 0.5) is 0 Å². The van der Waals surface area contributed by atoms with Crippen LogP contribution in [0.25, 0.3) is 0 Å². The lowest BCUT2D eigenvalue weighted by molar-refractivity contribution is -0.132. The summed E-state index contributed by atoms with van der Waals surface area (Å²) in [5, 5.41) is 3.21. The number of carbonyl (C=O) groups is 2. The Balaban J connectivity index is 1.38. The maximum absolute atomic E-state index is 12.9. The van der Waals surface area contributed by atoms with Crippen molar-refractivity contribution in [2.75, 3.05) is 19.7 Å². The van der Waals surface area contributed by atoms with E-state index in [0.717, 1.165) is 50.8 Å². The maximum Gasteiger partial charge on any atom is 0.260 e. The molecule has 0 spiro atoms. The zero-order valence-corrected chi connectivity index (χ0v) is 18.3. The van der Waals surface area contributed by atoms with E-state index in [4.69, 9.17) is 4.74 Å². The normalized spacial score (nSPS) is 18.5. The lowest BCUT2D eigenvalue weighted by atomic mass is 9.96. The van der Waals surface area contributed by atoms with Gasteiger partial charge in [0.25, 0.3) is 5.91 Å². The molecule has 2 aliphatic rings. The minimum absolute atomic E-state index is 0.0317. The van der Waals surface area contributed by atoms with Crippen LogP contribution in [0, 0.1) is 0 Å². The summed E-state index contributed by atoms with van der Waals surface area (Å²) < 4.78 is 5.91. The molecule has 0 bridgehead atoms. The van der Waals surface area contributed by atoms with Gasteiger partial charge in [0.15, 0.2) is 6.61 Å². The number of fused-ring (bicyclic) bond motifs is 1. The van der Waals surface area contributed by atoms with Crippen LogP contribution < -0.4 is 10.1 Å². The molecule has 5 nitrogen and oxygen atoms in total. The Morgan fingerprint density at radius 1 is 1.10 bits per heavy atom. The number of para-hydroxylation sites is 1. The molecule has 2 aromatic rings. The number of hydrogen-bond acceptors (Lipinski definition) is 3. The lowest BCUT2D eigenvalue weighted by Gasteiger charge is -2.22. The fraction of sp³-hybridized carbons (Fsp3) is 0.462. The molecular formula is C26H32N2O3. The molecule has 1 N–H and O–H groups in total. The number of nitrogens with zero attached hydrogens (tertiary/aromatic N) is 1.